The van der Waals surface area contributed by atoms with Crippen molar-refractivity contribution in [3.05, 3.63) is 16.4 Å². The molecule has 0 radical (unpaired) electrons. The lowest BCUT2D eigenvalue weighted by Crippen LogP contribution is -2.24. The molecule has 0 spiro atoms. The normalized spacial score (nSPS) is 11.4. The van der Waals surface area contributed by atoms with Crippen molar-refractivity contribution in [2.75, 3.05) is 6.54 Å². The second-order valence-corrected chi connectivity index (χ2v) is 4.77. The monoisotopic (exact) mass is 243 g/mol. The first-order valence-corrected chi connectivity index (χ1v) is 6.37. The molecular weight excluding hydrogens is 222 g/mol. The van der Waals surface area contributed by atoms with Crippen molar-refractivity contribution < 1.29 is 0 Å². The lowest BCUT2D eigenvalue weighted by Gasteiger charge is -2.07. The average molecular weight is 244 g/mol. The molecule has 1 aromatic heterocycles. The van der Waals surface area contributed by atoms with Crippen LogP contribution in [0.5, 0.6) is 0 Å². The molecule has 0 amide bonds. The maximum absolute atomic E-state index is 6.27. The highest BCUT2D eigenvalue weighted by Gasteiger charge is 2.11. The summed E-state index contributed by atoms with van der Waals surface area (Å²) in [7, 11) is 1.97. The number of aromatic nitrogens is 2. The van der Waals surface area contributed by atoms with E-state index in [0.717, 1.165) is 42.2 Å². The quantitative estimate of drug-likeness (QED) is 0.779. The van der Waals surface area contributed by atoms with Crippen LogP contribution < -0.4 is 5.32 Å². The highest BCUT2D eigenvalue weighted by molar-refractivity contribution is 6.31. The van der Waals surface area contributed by atoms with E-state index in [1.54, 1.807) is 0 Å². The Kier molecular flexibility index (Phi) is 5.29. The largest absolute Gasteiger partial charge is 0.315 e. The Labute approximate surface area is 103 Å². The molecule has 0 unspecified atom stereocenters. The second-order valence-electron chi connectivity index (χ2n) is 4.40. The second kappa shape index (κ2) is 6.26. The van der Waals surface area contributed by atoms with Gasteiger partial charge in [0, 0.05) is 13.1 Å². The zero-order chi connectivity index (χ0) is 12.1. The molecule has 0 fully saturated rings. The first-order chi connectivity index (χ1) is 7.56. The summed E-state index contributed by atoms with van der Waals surface area (Å²) in [4.78, 5) is 0. The Hall–Kier alpha value is -0.540. The fourth-order valence-corrected chi connectivity index (χ4v) is 2.13. The maximum Gasteiger partial charge on any atom is 0.0849 e. The molecule has 1 N–H and O–H groups in total. The fourth-order valence-electron chi connectivity index (χ4n) is 1.74. The van der Waals surface area contributed by atoms with Gasteiger partial charge in [0.2, 0.25) is 0 Å². The van der Waals surface area contributed by atoms with Crippen molar-refractivity contribution in [3.63, 3.8) is 0 Å². The third kappa shape index (κ3) is 3.49. The molecule has 16 heavy (non-hydrogen) atoms. The standard InChI is InChI=1S/C12H22ClN3/c1-5-10-12(13)11(16(4)15-10)7-6-8-14-9(2)3/h9,14H,5-8H2,1-4H3. The fraction of sp³-hybridized carbons (Fsp3) is 0.750. The molecule has 0 saturated carbocycles. The summed E-state index contributed by atoms with van der Waals surface area (Å²) in [5.74, 6) is 0. The summed E-state index contributed by atoms with van der Waals surface area (Å²) in [6, 6.07) is 0.549. The molecule has 3 nitrogen and oxygen atoms in total. The summed E-state index contributed by atoms with van der Waals surface area (Å²) in [6.07, 6.45) is 2.99. The van der Waals surface area contributed by atoms with Gasteiger partial charge in [0.15, 0.2) is 0 Å². The van der Waals surface area contributed by atoms with Gasteiger partial charge in [0.25, 0.3) is 0 Å². The Morgan fingerprint density at radius 1 is 1.44 bits per heavy atom. The average Bonchev–Trinajstić information content (AvgIpc) is 2.50. The van der Waals surface area contributed by atoms with E-state index in [4.69, 9.17) is 11.6 Å². The highest BCUT2D eigenvalue weighted by Crippen LogP contribution is 2.21. The van der Waals surface area contributed by atoms with Crippen LogP contribution in [0, 0.1) is 0 Å². The summed E-state index contributed by atoms with van der Waals surface area (Å²) in [6.45, 7) is 7.43. The summed E-state index contributed by atoms with van der Waals surface area (Å²) < 4.78 is 1.91. The maximum atomic E-state index is 6.27. The zero-order valence-corrected chi connectivity index (χ0v) is 11.4. The first kappa shape index (κ1) is 13.5. The van der Waals surface area contributed by atoms with Crippen LogP contribution in [0.4, 0.5) is 0 Å². The number of halogens is 1. The molecular formula is C12H22ClN3. The van der Waals surface area contributed by atoms with Crippen LogP contribution in [-0.4, -0.2) is 22.4 Å². The van der Waals surface area contributed by atoms with Crippen LogP contribution in [0.25, 0.3) is 0 Å². The van der Waals surface area contributed by atoms with E-state index in [9.17, 15) is 0 Å². The molecule has 0 aliphatic heterocycles. The highest BCUT2D eigenvalue weighted by atomic mass is 35.5. The van der Waals surface area contributed by atoms with Gasteiger partial charge in [-0.25, -0.2) is 0 Å². The molecule has 0 aliphatic rings. The summed E-state index contributed by atoms with van der Waals surface area (Å²) in [5, 5.41) is 8.67. The van der Waals surface area contributed by atoms with E-state index in [0.29, 0.717) is 6.04 Å². The Morgan fingerprint density at radius 3 is 2.62 bits per heavy atom. The van der Waals surface area contributed by atoms with E-state index in [1.165, 1.54) is 0 Å². The molecule has 92 valence electrons. The number of aryl methyl sites for hydroxylation is 2. The van der Waals surface area contributed by atoms with Crippen molar-refractivity contribution >= 4 is 11.6 Å². The van der Waals surface area contributed by atoms with Crippen molar-refractivity contribution in [2.45, 2.75) is 46.1 Å². The van der Waals surface area contributed by atoms with Gasteiger partial charge in [-0.3, -0.25) is 4.68 Å². The first-order valence-electron chi connectivity index (χ1n) is 5.99. The van der Waals surface area contributed by atoms with Crippen molar-refractivity contribution in [2.24, 2.45) is 7.05 Å². The number of nitrogens with one attached hydrogen (secondary N) is 1. The van der Waals surface area contributed by atoms with Crippen LogP contribution in [0.15, 0.2) is 0 Å². The number of hydrogen-bond donors (Lipinski definition) is 1. The van der Waals surface area contributed by atoms with Crippen molar-refractivity contribution in [1.29, 1.82) is 0 Å². The minimum absolute atomic E-state index is 0.549. The lowest BCUT2D eigenvalue weighted by atomic mass is 10.2. The molecule has 0 aliphatic carbocycles. The van der Waals surface area contributed by atoms with Crippen LogP contribution in [0.1, 0.15) is 38.6 Å². The third-order valence-corrected chi connectivity index (χ3v) is 3.08. The lowest BCUT2D eigenvalue weighted by molar-refractivity contribution is 0.561. The molecule has 0 bridgehead atoms. The van der Waals surface area contributed by atoms with Gasteiger partial charge >= 0.3 is 0 Å². The van der Waals surface area contributed by atoms with Gasteiger partial charge in [-0.15, -0.1) is 0 Å². The molecule has 0 atom stereocenters. The van der Waals surface area contributed by atoms with Gasteiger partial charge in [0.1, 0.15) is 0 Å². The number of rotatable bonds is 6. The Morgan fingerprint density at radius 2 is 2.12 bits per heavy atom. The van der Waals surface area contributed by atoms with Gasteiger partial charge in [-0.1, -0.05) is 32.4 Å². The topological polar surface area (TPSA) is 29.9 Å². The minimum atomic E-state index is 0.549. The molecule has 1 rings (SSSR count). The number of nitrogens with zero attached hydrogens (tertiary/aromatic N) is 2. The van der Waals surface area contributed by atoms with E-state index < -0.39 is 0 Å². The van der Waals surface area contributed by atoms with Crippen molar-refractivity contribution in [3.8, 4) is 0 Å². The van der Waals surface area contributed by atoms with Gasteiger partial charge in [-0.05, 0) is 25.8 Å². The van der Waals surface area contributed by atoms with E-state index in [-0.39, 0.29) is 0 Å². The molecule has 0 saturated heterocycles. The predicted molar refractivity (Wildman–Crippen MR) is 69.1 cm³/mol. The van der Waals surface area contributed by atoms with Gasteiger partial charge < -0.3 is 5.32 Å². The minimum Gasteiger partial charge on any atom is -0.315 e. The smallest absolute Gasteiger partial charge is 0.0849 e. The molecule has 4 heteroatoms. The van der Waals surface area contributed by atoms with E-state index >= 15 is 0 Å². The molecule has 1 heterocycles. The van der Waals surface area contributed by atoms with Crippen molar-refractivity contribution in [1.82, 2.24) is 15.1 Å². The Balaban J connectivity index is 2.50. The summed E-state index contributed by atoms with van der Waals surface area (Å²) >= 11 is 6.27. The van der Waals surface area contributed by atoms with Crippen LogP contribution >= 0.6 is 11.6 Å². The zero-order valence-electron chi connectivity index (χ0n) is 10.7. The predicted octanol–water partition coefficient (Wildman–Crippen LogP) is 2.57. The third-order valence-electron chi connectivity index (χ3n) is 2.65. The van der Waals surface area contributed by atoms with E-state index in [1.807, 2.05) is 11.7 Å². The van der Waals surface area contributed by atoms with Gasteiger partial charge in [0.05, 0.1) is 16.4 Å². The van der Waals surface area contributed by atoms with E-state index in [2.05, 4.69) is 31.2 Å². The molecule has 0 aromatic carbocycles. The Bertz CT molecular complexity index is 331. The van der Waals surface area contributed by atoms with Crippen LogP contribution in [0.3, 0.4) is 0 Å². The summed E-state index contributed by atoms with van der Waals surface area (Å²) in [5.41, 5.74) is 2.17. The van der Waals surface area contributed by atoms with Gasteiger partial charge in [-0.2, -0.15) is 5.10 Å². The van der Waals surface area contributed by atoms with Crippen LogP contribution in [-0.2, 0) is 19.9 Å². The number of hydrogen-bond acceptors (Lipinski definition) is 2. The van der Waals surface area contributed by atoms with Crippen LogP contribution in [0.2, 0.25) is 5.02 Å². The SMILES string of the molecule is CCc1nn(C)c(CCCNC(C)C)c1Cl. The molecule has 1 aromatic rings.